The fourth-order valence-electron chi connectivity index (χ4n) is 2.54. The van der Waals surface area contributed by atoms with Crippen molar-refractivity contribution in [2.24, 2.45) is 0 Å². The van der Waals surface area contributed by atoms with E-state index in [-0.39, 0.29) is 6.04 Å². The van der Waals surface area contributed by atoms with Crippen LogP contribution in [0.5, 0.6) is 0 Å². The molecule has 0 aromatic heterocycles. The van der Waals surface area contributed by atoms with Gasteiger partial charge in [-0.1, -0.05) is 36.4 Å². The third kappa shape index (κ3) is 13.8. The van der Waals surface area contributed by atoms with Crippen LogP contribution in [0.1, 0.15) is 66.4 Å². The second-order valence-corrected chi connectivity index (χ2v) is 9.18. The van der Waals surface area contributed by atoms with Crippen LogP contribution in [0, 0.1) is 0 Å². The monoisotopic (exact) mass is 419 g/mol. The van der Waals surface area contributed by atoms with Gasteiger partial charge in [0.1, 0.15) is 11.2 Å². The topological polar surface area (TPSA) is 73.9 Å². The molecule has 0 spiro atoms. The van der Waals surface area contributed by atoms with Crippen LogP contribution < -0.4 is 5.32 Å². The number of nitrogens with one attached hydrogen (secondary N) is 1. The Labute approximate surface area is 181 Å². The molecule has 1 N–H and O–H groups in total. The number of ether oxygens (including phenoxy) is 3. The summed E-state index contributed by atoms with van der Waals surface area (Å²) in [6, 6.07) is 9.68. The molecule has 6 heteroatoms. The minimum absolute atomic E-state index is 0.332. The number of unbranched alkanes of at least 4 members (excludes halogenated alkanes) is 1. The Morgan fingerprint density at radius 3 is 2.20 bits per heavy atom. The van der Waals surface area contributed by atoms with Crippen molar-refractivity contribution >= 4 is 12.1 Å². The molecule has 0 saturated carbocycles. The fraction of sp³-hybridized carbons (Fsp3) is 0.583. The summed E-state index contributed by atoms with van der Waals surface area (Å²) in [7, 11) is 0. The van der Waals surface area contributed by atoms with Gasteiger partial charge in [-0.3, -0.25) is 0 Å². The quantitative estimate of drug-likeness (QED) is 0.322. The molecule has 1 amide bonds. The zero-order valence-electron chi connectivity index (χ0n) is 19.2. The third-order valence-electron chi connectivity index (χ3n) is 3.74. The Morgan fingerprint density at radius 2 is 1.60 bits per heavy atom. The van der Waals surface area contributed by atoms with Gasteiger partial charge in [0, 0.05) is 12.7 Å². The molecule has 0 aliphatic heterocycles. The number of esters is 1. The third-order valence-corrected chi connectivity index (χ3v) is 3.74. The molecule has 168 valence electrons. The predicted molar refractivity (Wildman–Crippen MR) is 118 cm³/mol. The summed E-state index contributed by atoms with van der Waals surface area (Å²) in [5.41, 5.74) is -0.0114. The Balaban J connectivity index is 2.49. The first-order valence-electron chi connectivity index (χ1n) is 10.5. The average molecular weight is 420 g/mol. The number of carbonyl (C=O) groups excluding carboxylic acids is 2. The van der Waals surface area contributed by atoms with Crippen LogP contribution in [0.15, 0.2) is 42.5 Å². The van der Waals surface area contributed by atoms with Crippen molar-refractivity contribution in [1.82, 2.24) is 5.32 Å². The summed E-state index contributed by atoms with van der Waals surface area (Å²) >= 11 is 0. The Morgan fingerprint density at radius 1 is 0.967 bits per heavy atom. The standard InChI is InChI=1S/C24H37NO5/c1-23(2,3)29-21(26)16-15-20(25-22(27)30-24(4,5)6)14-10-11-17-28-18-19-12-8-7-9-13-19/h7-9,12-13,15-16,20H,10-11,14,17-18H2,1-6H3,(H,25,27)/b16-15+/t20-/m1/s1. The molecule has 0 saturated heterocycles. The van der Waals surface area contributed by atoms with Crippen molar-refractivity contribution in [3.05, 3.63) is 48.0 Å². The van der Waals surface area contributed by atoms with Gasteiger partial charge in [0.2, 0.25) is 0 Å². The zero-order valence-corrected chi connectivity index (χ0v) is 19.2. The number of rotatable bonds is 10. The summed E-state index contributed by atoms with van der Waals surface area (Å²) in [5.74, 6) is -0.440. The lowest BCUT2D eigenvalue weighted by Gasteiger charge is -2.22. The lowest BCUT2D eigenvalue weighted by atomic mass is 10.1. The maximum Gasteiger partial charge on any atom is 0.408 e. The van der Waals surface area contributed by atoms with E-state index in [0.29, 0.717) is 19.6 Å². The second-order valence-electron chi connectivity index (χ2n) is 9.18. The Bertz CT molecular complexity index is 671. The molecule has 0 unspecified atom stereocenters. The van der Waals surface area contributed by atoms with E-state index in [2.05, 4.69) is 5.32 Å². The maximum atomic E-state index is 12.1. The molecule has 0 aliphatic rings. The molecule has 6 nitrogen and oxygen atoms in total. The molecule has 1 aromatic rings. The molecule has 0 heterocycles. The van der Waals surface area contributed by atoms with E-state index in [0.717, 1.165) is 18.4 Å². The van der Waals surface area contributed by atoms with Crippen LogP contribution in [0.3, 0.4) is 0 Å². The number of alkyl carbamates (subject to hydrolysis) is 1. The average Bonchev–Trinajstić information content (AvgIpc) is 2.60. The maximum absolute atomic E-state index is 12.1. The van der Waals surface area contributed by atoms with Gasteiger partial charge in [-0.25, -0.2) is 9.59 Å². The largest absolute Gasteiger partial charge is 0.457 e. The molecule has 0 bridgehead atoms. The summed E-state index contributed by atoms with van der Waals surface area (Å²) in [6.07, 6.45) is 4.84. The summed E-state index contributed by atoms with van der Waals surface area (Å²) in [5, 5.41) is 2.81. The van der Waals surface area contributed by atoms with Crippen LogP contribution >= 0.6 is 0 Å². The van der Waals surface area contributed by atoms with E-state index < -0.39 is 23.3 Å². The van der Waals surface area contributed by atoms with Gasteiger partial charge in [-0.2, -0.15) is 0 Å². The highest BCUT2D eigenvalue weighted by atomic mass is 16.6. The summed E-state index contributed by atoms with van der Waals surface area (Å²) in [4.78, 5) is 24.1. The molecule has 1 atom stereocenters. The normalized spacial score (nSPS) is 13.1. The van der Waals surface area contributed by atoms with E-state index >= 15 is 0 Å². The Kier molecular flexibility index (Phi) is 10.6. The number of amides is 1. The van der Waals surface area contributed by atoms with Crippen LogP contribution in [0.2, 0.25) is 0 Å². The van der Waals surface area contributed by atoms with E-state index in [1.165, 1.54) is 6.08 Å². The molecular formula is C24H37NO5. The van der Waals surface area contributed by atoms with Crippen molar-refractivity contribution in [3.63, 3.8) is 0 Å². The lowest BCUT2D eigenvalue weighted by Crippen LogP contribution is -2.38. The minimum Gasteiger partial charge on any atom is -0.457 e. The van der Waals surface area contributed by atoms with E-state index in [1.807, 2.05) is 71.9 Å². The minimum atomic E-state index is -0.589. The lowest BCUT2D eigenvalue weighted by molar-refractivity contribution is -0.148. The van der Waals surface area contributed by atoms with Gasteiger partial charge in [-0.15, -0.1) is 0 Å². The second kappa shape index (κ2) is 12.4. The van der Waals surface area contributed by atoms with Crippen molar-refractivity contribution in [1.29, 1.82) is 0 Å². The van der Waals surface area contributed by atoms with E-state index in [1.54, 1.807) is 6.08 Å². The SMILES string of the molecule is CC(C)(C)OC(=O)/C=C/[C@@H](CCCCOCc1ccccc1)NC(=O)OC(C)(C)C. The van der Waals surface area contributed by atoms with Gasteiger partial charge in [0.15, 0.2) is 0 Å². The molecule has 0 radical (unpaired) electrons. The van der Waals surface area contributed by atoms with Gasteiger partial charge in [0.25, 0.3) is 0 Å². The highest BCUT2D eigenvalue weighted by Gasteiger charge is 2.19. The first-order chi connectivity index (χ1) is 13.9. The zero-order chi connectivity index (χ0) is 22.6. The van der Waals surface area contributed by atoms with Gasteiger partial charge in [-0.05, 0) is 66.4 Å². The molecule has 30 heavy (non-hydrogen) atoms. The summed E-state index contributed by atoms with van der Waals surface area (Å²) in [6.45, 7) is 12.1. The molecule has 0 fully saturated rings. The fourth-order valence-corrected chi connectivity index (χ4v) is 2.54. The molecule has 0 aliphatic carbocycles. The smallest absolute Gasteiger partial charge is 0.408 e. The van der Waals surface area contributed by atoms with Crippen LogP contribution in [-0.4, -0.2) is 35.9 Å². The van der Waals surface area contributed by atoms with Crippen LogP contribution in [0.25, 0.3) is 0 Å². The van der Waals surface area contributed by atoms with E-state index in [4.69, 9.17) is 14.2 Å². The van der Waals surface area contributed by atoms with Crippen molar-refractivity contribution in [2.75, 3.05) is 6.61 Å². The Hall–Kier alpha value is -2.34. The van der Waals surface area contributed by atoms with Gasteiger partial charge < -0.3 is 19.5 Å². The highest BCUT2D eigenvalue weighted by molar-refractivity contribution is 5.82. The van der Waals surface area contributed by atoms with Crippen LogP contribution in [-0.2, 0) is 25.6 Å². The van der Waals surface area contributed by atoms with Crippen molar-refractivity contribution in [3.8, 4) is 0 Å². The first-order valence-corrected chi connectivity index (χ1v) is 10.5. The molecule has 1 rings (SSSR count). The van der Waals surface area contributed by atoms with Gasteiger partial charge in [0.05, 0.1) is 12.6 Å². The molecular weight excluding hydrogens is 382 g/mol. The first kappa shape index (κ1) is 25.7. The van der Waals surface area contributed by atoms with Crippen molar-refractivity contribution < 1.29 is 23.8 Å². The summed E-state index contributed by atoms with van der Waals surface area (Å²) < 4.78 is 16.3. The van der Waals surface area contributed by atoms with Gasteiger partial charge >= 0.3 is 12.1 Å². The number of hydrogen-bond donors (Lipinski definition) is 1. The number of benzene rings is 1. The van der Waals surface area contributed by atoms with Crippen LogP contribution in [0.4, 0.5) is 4.79 Å². The molecule has 1 aromatic carbocycles. The number of carbonyl (C=O) groups is 2. The van der Waals surface area contributed by atoms with E-state index in [9.17, 15) is 9.59 Å². The van der Waals surface area contributed by atoms with Crippen molar-refractivity contribution in [2.45, 2.75) is 84.7 Å². The number of hydrogen-bond acceptors (Lipinski definition) is 5. The highest BCUT2D eigenvalue weighted by Crippen LogP contribution is 2.11. The predicted octanol–water partition coefficient (Wildman–Crippen LogP) is 5.16.